The second-order valence-electron chi connectivity index (χ2n) is 6.34. The number of hydrogen-bond acceptors (Lipinski definition) is 5. The maximum Gasteiger partial charge on any atom is 0.128 e. The van der Waals surface area contributed by atoms with E-state index >= 15 is 0 Å². The average Bonchev–Trinajstić information content (AvgIpc) is 2.46. The van der Waals surface area contributed by atoms with E-state index in [4.69, 9.17) is 5.73 Å². The molecular weight excluding hydrogens is 262 g/mol. The summed E-state index contributed by atoms with van der Waals surface area (Å²) in [7, 11) is 4.26. The number of pyridine rings is 1. The molecule has 0 aliphatic carbocycles. The van der Waals surface area contributed by atoms with E-state index in [-0.39, 0.29) is 6.04 Å². The van der Waals surface area contributed by atoms with E-state index < -0.39 is 0 Å². The quantitative estimate of drug-likeness (QED) is 0.834. The van der Waals surface area contributed by atoms with Crippen LogP contribution >= 0.6 is 0 Å². The van der Waals surface area contributed by atoms with Crippen molar-refractivity contribution in [3.8, 4) is 0 Å². The first-order valence-corrected chi connectivity index (χ1v) is 7.87. The zero-order chi connectivity index (χ0) is 15.2. The highest BCUT2D eigenvalue weighted by Crippen LogP contribution is 2.14. The van der Waals surface area contributed by atoms with Gasteiger partial charge in [-0.2, -0.15) is 0 Å². The van der Waals surface area contributed by atoms with E-state index in [1.54, 1.807) is 0 Å². The molecule has 2 N–H and O–H groups in total. The third-order valence-corrected chi connectivity index (χ3v) is 3.93. The van der Waals surface area contributed by atoms with Crippen molar-refractivity contribution >= 4 is 5.82 Å². The highest BCUT2D eigenvalue weighted by molar-refractivity contribution is 5.40. The number of hydrogen-bond donors (Lipinski definition) is 1. The fourth-order valence-electron chi connectivity index (χ4n) is 2.64. The maximum absolute atomic E-state index is 5.82. The molecule has 1 aliphatic rings. The zero-order valence-electron chi connectivity index (χ0n) is 13.6. The fourth-order valence-corrected chi connectivity index (χ4v) is 2.64. The maximum atomic E-state index is 5.82. The second-order valence-corrected chi connectivity index (χ2v) is 6.34. The summed E-state index contributed by atoms with van der Waals surface area (Å²) < 4.78 is 0. The Morgan fingerprint density at radius 1 is 1.24 bits per heavy atom. The number of rotatable bonds is 6. The lowest BCUT2D eigenvalue weighted by atomic mass is 10.1. The van der Waals surface area contributed by atoms with E-state index in [2.05, 4.69) is 45.9 Å². The van der Waals surface area contributed by atoms with Crippen molar-refractivity contribution in [2.24, 2.45) is 5.73 Å². The van der Waals surface area contributed by atoms with Crippen molar-refractivity contribution in [3.63, 3.8) is 0 Å². The number of piperazine rings is 1. The van der Waals surface area contributed by atoms with Gasteiger partial charge in [-0.3, -0.25) is 4.90 Å². The summed E-state index contributed by atoms with van der Waals surface area (Å²) in [6.07, 6.45) is 2.86. The van der Waals surface area contributed by atoms with Gasteiger partial charge in [0.05, 0.1) is 0 Å². The summed E-state index contributed by atoms with van der Waals surface area (Å²) in [6.45, 7) is 8.68. The van der Waals surface area contributed by atoms with Gasteiger partial charge in [-0.25, -0.2) is 4.98 Å². The van der Waals surface area contributed by atoms with Crippen LogP contribution in [0.5, 0.6) is 0 Å². The van der Waals surface area contributed by atoms with Gasteiger partial charge in [0.15, 0.2) is 0 Å². The summed E-state index contributed by atoms with van der Waals surface area (Å²) in [4.78, 5) is 11.7. The molecule has 2 rings (SSSR count). The SMILES string of the molecule is CC(N)Cc1ccc(N2CCN(CCN(C)C)CC2)nc1. The van der Waals surface area contributed by atoms with E-state index in [0.29, 0.717) is 0 Å². The minimum absolute atomic E-state index is 0.192. The predicted molar refractivity (Wildman–Crippen MR) is 88.8 cm³/mol. The Bertz CT molecular complexity index is 407. The van der Waals surface area contributed by atoms with Gasteiger partial charge in [0.2, 0.25) is 0 Å². The minimum atomic E-state index is 0.192. The van der Waals surface area contributed by atoms with E-state index in [9.17, 15) is 0 Å². The summed E-state index contributed by atoms with van der Waals surface area (Å²) in [5.74, 6) is 1.09. The van der Waals surface area contributed by atoms with Crippen molar-refractivity contribution in [2.75, 3.05) is 58.3 Å². The molecule has 1 atom stereocenters. The van der Waals surface area contributed by atoms with Gasteiger partial charge in [0.1, 0.15) is 5.82 Å². The van der Waals surface area contributed by atoms with Crippen LogP contribution in [0.1, 0.15) is 12.5 Å². The van der Waals surface area contributed by atoms with Gasteiger partial charge in [-0.05, 0) is 39.1 Å². The number of likely N-dealkylation sites (N-methyl/N-ethyl adjacent to an activating group) is 1. The average molecular weight is 291 g/mol. The Morgan fingerprint density at radius 2 is 1.95 bits per heavy atom. The van der Waals surface area contributed by atoms with E-state index in [1.165, 1.54) is 5.56 Å². The van der Waals surface area contributed by atoms with Crippen LogP contribution in [0.4, 0.5) is 5.82 Å². The third-order valence-electron chi connectivity index (χ3n) is 3.93. The van der Waals surface area contributed by atoms with Crippen LogP contribution < -0.4 is 10.6 Å². The van der Waals surface area contributed by atoms with E-state index in [1.807, 2.05) is 13.1 Å². The smallest absolute Gasteiger partial charge is 0.128 e. The van der Waals surface area contributed by atoms with Gasteiger partial charge in [-0.1, -0.05) is 6.07 Å². The molecule has 5 nitrogen and oxygen atoms in total. The molecule has 1 saturated heterocycles. The first-order chi connectivity index (χ1) is 10.0. The van der Waals surface area contributed by atoms with Crippen LogP contribution in [0.15, 0.2) is 18.3 Å². The molecule has 0 amide bonds. The second kappa shape index (κ2) is 7.73. The molecule has 1 aliphatic heterocycles. The number of anilines is 1. The molecule has 21 heavy (non-hydrogen) atoms. The third kappa shape index (κ3) is 5.26. The lowest BCUT2D eigenvalue weighted by molar-refractivity contribution is 0.229. The fraction of sp³-hybridized carbons (Fsp3) is 0.688. The van der Waals surface area contributed by atoms with Crippen LogP contribution in [-0.4, -0.2) is 74.2 Å². The Hall–Kier alpha value is -1.17. The lowest BCUT2D eigenvalue weighted by Gasteiger charge is -2.35. The van der Waals surface area contributed by atoms with Gasteiger partial charge >= 0.3 is 0 Å². The molecule has 1 fully saturated rings. The molecule has 1 aromatic rings. The van der Waals surface area contributed by atoms with Crippen LogP contribution in [0, 0.1) is 0 Å². The van der Waals surface area contributed by atoms with Crippen LogP contribution in [-0.2, 0) is 6.42 Å². The molecule has 0 radical (unpaired) electrons. The normalized spacial score (nSPS) is 18.2. The highest BCUT2D eigenvalue weighted by atomic mass is 15.3. The van der Waals surface area contributed by atoms with Gasteiger partial charge in [-0.15, -0.1) is 0 Å². The molecule has 0 saturated carbocycles. The Morgan fingerprint density at radius 3 is 2.48 bits per heavy atom. The highest BCUT2D eigenvalue weighted by Gasteiger charge is 2.17. The monoisotopic (exact) mass is 291 g/mol. The summed E-state index contributed by atoms with van der Waals surface area (Å²) in [5, 5.41) is 0. The molecule has 2 heterocycles. The Kier molecular flexibility index (Phi) is 5.96. The summed E-state index contributed by atoms with van der Waals surface area (Å²) in [5.41, 5.74) is 7.04. The largest absolute Gasteiger partial charge is 0.354 e. The van der Waals surface area contributed by atoms with E-state index in [0.717, 1.165) is 51.5 Å². The minimum Gasteiger partial charge on any atom is -0.354 e. The van der Waals surface area contributed by atoms with Crippen LogP contribution in [0.2, 0.25) is 0 Å². The first-order valence-electron chi connectivity index (χ1n) is 7.87. The predicted octanol–water partition coefficient (Wildman–Crippen LogP) is 0.655. The summed E-state index contributed by atoms with van der Waals surface area (Å²) >= 11 is 0. The van der Waals surface area contributed by atoms with Crippen LogP contribution in [0.25, 0.3) is 0 Å². The van der Waals surface area contributed by atoms with Crippen molar-refractivity contribution in [3.05, 3.63) is 23.9 Å². The van der Waals surface area contributed by atoms with Crippen molar-refractivity contribution < 1.29 is 0 Å². The molecular formula is C16H29N5. The standard InChI is InChI=1S/C16H29N5/c1-14(17)12-15-4-5-16(18-13-15)21-10-8-20(9-11-21)7-6-19(2)3/h4-5,13-14H,6-12,17H2,1-3H3. The number of nitrogens with two attached hydrogens (primary N) is 1. The van der Waals surface area contributed by atoms with Crippen molar-refractivity contribution in [2.45, 2.75) is 19.4 Å². The number of aromatic nitrogens is 1. The Balaban J connectivity index is 1.81. The van der Waals surface area contributed by atoms with Gasteiger partial charge < -0.3 is 15.5 Å². The Labute approximate surface area is 128 Å². The van der Waals surface area contributed by atoms with Crippen molar-refractivity contribution in [1.82, 2.24) is 14.8 Å². The molecule has 0 aromatic carbocycles. The van der Waals surface area contributed by atoms with Crippen molar-refractivity contribution in [1.29, 1.82) is 0 Å². The molecule has 1 aromatic heterocycles. The molecule has 1 unspecified atom stereocenters. The molecule has 0 spiro atoms. The van der Waals surface area contributed by atoms with Gasteiger partial charge in [0.25, 0.3) is 0 Å². The summed E-state index contributed by atoms with van der Waals surface area (Å²) in [6, 6.07) is 4.48. The first kappa shape index (κ1) is 16.2. The molecule has 118 valence electrons. The molecule has 0 bridgehead atoms. The zero-order valence-corrected chi connectivity index (χ0v) is 13.6. The van der Waals surface area contributed by atoms with Crippen LogP contribution in [0.3, 0.4) is 0 Å². The number of nitrogens with zero attached hydrogens (tertiary/aromatic N) is 4. The van der Waals surface area contributed by atoms with Gasteiger partial charge in [0, 0.05) is 51.5 Å². The topological polar surface area (TPSA) is 48.6 Å². The molecule has 5 heteroatoms. The lowest BCUT2D eigenvalue weighted by Crippen LogP contribution is -2.48.